The minimum Gasteiger partial charge on any atom is -0.350 e. The second-order valence-electron chi connectivity index (χ2n) is 7.78. The van der Waals surface area contributed by atoms with Crippen molar-refractivity contribution in [3.63, 3.8) is 0 Å². The first kappa shape index (κ1) is 24.4. The van der Waals surface area contributed by atoms with E-state index in [0.717, 1.165) is 35.9 Å². The van der Waals surface area contributed by atoms with Crippen molar-refractivity contribution in [1.82, 2.24) is 14.8 Å². The number of aryl methyl sites for hydroxylation is 1. The van der Waals surface area contributed by atoms with Crippen LogP contribution in [0.1, 0.15) is 10.4 Å². The average molecular weight is 529 g/mol. The Kier molecular flexibility index (Phi) is 7.31. The van der Waals surface area contributed by atoms with Gasteiger partial charge in [-0.15, -0.1) is 0 Å². The molecule has 1 amide bonds. The third kappa shape index (κ3) is 5.87. The highest BCUT2D eigenvalue weighted by Gasteiger charge is 2.25. The van der Waals surface area contributed by atoms with Gasteiger partial charge in [0.05, 0.1) is 16.8 Å². The molecule has 1 aliphatic heterocycles. The van der Waals surface area contributed by atoms with Crippen LogP contribution in [-0.2, 0) is 11.6 Å². The van der Waals surface area contributed by atoms with Crippen LogP contribution in [-0.4, -0.2) is 57.6 Å². The second-order valence-corrected chi connectivity index (χ2v) is 11.4. The van der Waals surface area contributed by atoms with Gasteiger partial charge < -0.3 is 24.6 Å². The van der Waals surface area contributed by atoms with Gasteiger partial charge in [-0.25, -0.2) is 0 Å². The van der Waals surface area contributed by atoms with Crippen molar-refractivity contribution >= 4 is 65.2 Å². The van der Waals surface area contributed by atoms with Crippen molar-refractivity contribution in [2.24, 2.45) is 7.05 Å². The van der Waals surface area contributed by atoms with Gasteiger partial charge in [0.2, 0.25) is 0 Å². The fourth-order valence-electron chi connectivity index (χ4n) is 3.78. The number of rotatable bonds is 6. The number of nitrogens with zero attached hydrogens (tertiary/aromatic N) is 3. The highest BCUT2D eigenvalue weighted by Crippen LogP contribution is 2.43. The van der Waals surface area contributed by atoms with Crippen LogP contribution in [0.5, 0.6) is 0 Å². The number of halogens is 2. The molecule has 176 valence electrons. The first-order valence-corrected chi connectivity index (χ1v) is 13.5. The third-order valence-corrected chi connectivity index (χ3v) is 7.55. The lowest BCUT2D eigenvalue weighted by atomic mass is 10.1. The topological polar surface area (TPSA) is 98.0 Å². The van der Waals surface area contributed by atoms with Gasteiger partial charge in [-0.3, -0.25) is 13.7 Å². The Morgan fingerprint density at radius 3 is 2.45 bits per heavy atom. The molecule has 1 aliphatic rings. The highest BCUT2D eigenvalue weighted by molar-refractivity contribution is 8.01. The number of carbonyl (C=O) groups excluding carboxylic acids is 1. The van der Waals surface area contributed by atoms with Crippen LogP contribution in [0, 0.1) is 0 Å². The number of nitrogens with one attached hydrogen (secondary N) is 1. The molecule has 33 heavy (non-hydrogen) atoms. The molecule has 1 fully saturated rings. The van der Waals surface area contributed by atoms with E-state index in [-0.39, 0.29) is 5.91 Å². The summed E-state index contributed by atoms with van der Waals surface area (Å²) < 4.78 is 15.2. The van der Waals surface area contributed by atoms with Gasteiger partial charge in [-0.2, -0.15) is 0 Å². The van der Waals surface area contributed by atoms with Crippen molar-refractivity contribution in [2.45, 2.75) is 4.90 Å². The first-order valence-electron chi connectivity index (χ1n) is 10.2. The number of anilines is 1. The van der Waals surface area contributed by atoms with Crippen molar-refractivity contribution in [3.05, 3.63) is 58.2 Å². The van der Waals surface area contributed by atoms with Crippen LogP contribution < -0.4 is 9.62 Å². The van der Waals surface area contributed by atoms with Crippen LogP contribution in [0.3, 0.4) is 0 Å². The van der Waals surface area contributed by atoms with E-state index < -0.39 is 13.9 Å². The number of hydrogen-bond donors (Lipinski definition) is 3. The molecule has 0 saturated carbocycles. The summed E-state index contributed by atoms with van der Waals surface area (Å²) in [6, 6.07) is 10.3. The van der Waals surface area contributed by atoms with Crippen molar-refractivity contribution in [3.8, 4) is 0 Å². The molecule has 2 heterocycles. The number of hydrogen-bond acceptors (Lipinski definition) is 5. The Morgan fingerprint density at radius 2 is 1.82 bits per heavy atom. The van der Waals surface area contributed by atoms with Gasteiger partial charge in [0.25, 0.3) is 5.91 Å². The zero-order valence-corrected chi connectivity index (χ0v) is 21.0. The van der Waals surface area contributed by atoms with E-state index in [2.05, 4.69) is 5.32 Å². The predicted molar refractivity (Wildman–Crippen MR) is 133 cm³/mol. The molecule has 2 aromatic carbocycles. The van der Waals surface area contributed by atoms with Gasteiger partial charge in [0.1, 0.15) is 6.29 Å². The molecular formula is C21H23Cl2N4O4PS. The first-order chi connectivity index (χ1) is 15.6. The molecule has 8 nitrogen and oxygen atoms in total. The molecule has 0 aliphatic carbocycles. The normalized spacial score (nSPS) is 14.6. The van der Waals surface area contributed by atoms with E-state index in [0.29, 0.717) is 39.3 Å². The molecule has 0 bridgehead atoms. The summed E-state index contributed by atoms with van der Waals surface area (Å²) >= 11 is 13.3. The number of fused-ring (bicyclic) bond motifs is 1. The Labute approximate surface area is 205 Å². The maximum absolute atomic E-state index is 13.1. The number of amides is 1. The van der Waals surface area contributed by atoms with Crippen LogP contribution in [0.25, 0.3) is 10.9 Å². The molecule has 0 atom stereocenters. The SMILES string of the molecule is Cn1cc(C(=O)N2CCNCC2)c2ccc(N(CP(=O)(O)O)Sc3cc(Cl)cc(Cl)c3)cc21. The maximum atomic E-state index is 13.1. The van der Waals surface area contributed by atoms with E-state index in [1.165, 1.54) is 4.31 Å². The van der Waals surface area contributed by atoms with E-state index in [9.17, 15) is 19.1 Å². The minimum absolute atomic E-state index is 0.0233. The Balaban J connectivity index is 1.70. The van der Waals surface area contributed by atoms with E-state index >= 15 is 0 Å². The lowest BCUT2D eigenvalue weighted by Crippen LogP contribution is -2.46. The van der Waals surface area contributed by atoms with E-state index in [1.807, 2.05) is 28.6 Å². The predicted octanol–water partition coefficient (Wildman–Crippen LogP) is 4.18. The quantitative estimate of drug-likeness (QED) is 0.326. The number of benzene rings is 2. The lowest BCUT2D eigenvalue weighted by Gasteiger charge is -2.27. The molecule has 1 saturated heterocycles. The summed E-state index contributed by atoms with van der Waals surface area (Å²) in [5, 5.41) is 4.88. The molecule has 0 unspecified atom stereocenters. The van der Waals surface area contributed by atoms with Crippen LogP contribution >= 0.6 is 42.7 Å². The summed E-state index contributed by atoms with van der Waals surface area (Å²) in [7, 11) is -2.54. The lowest BCUT2D eigenvalue weighted by molar-refractivity contribution is 0.0737. The molecule has 0 radical (unpaired) electrons. The van der Waals surface area contributed by atoms with Crippen molar-refractivity contribution in [2.75, 3.05) is 36.8 Å². The van der Waals surface area contributed by atoms with Crippen LogP contribution in [0.15, 0.2) is 47.5 Å². The summed E-state index contributed by atoms with van der Waals surface area (Å²) in [5.41, 5.74) is 1.97. The van der Waals surface area contributed by atoms with Crippen LogP contribution in [0.4, 0.5) is 5.69 Å². The van der Waals surface area contributed by atoms with Crippen molar-refractivity contribution in [1.29, 1.82) is 0 Å². The average Bonchev–Trinajstić information content (AvgIpc) is 3.08. The van der Waals surface area contributed by atoms with Gasteiger partial charge >= 0.3 is 7.60 Å². The van der Waals surface area contributed by atoms with E-state index in [1.54, 1.807) is 30.5 Å². The molecule has 1 aromatic heterocycles. The van der Waals surface area contributed by atoms with Crippen molar-refractivity contribution < 1.29 is 19.1 Å². The molecule has 12 heteroatoms. The monoisotopic (exact) mass is 528 g/mol. The van der Waals surface area contributed by atoms with Crippen LogP contribution in [0.2, 0.25) is 10.0 Å². The van der Waals surface area contributed by atoms with Gasteiger partial charge in [0.15, 0.2) is 0 Å². The highest BCUT2D eigenvalue weighted by atomic mass is 35.5. The molecular weight excluding hydrogens is 506 g/mol. The summed E-state index contributed by atoms with van der Waals surface area (Å²) in [6.45, 7) is 2.84. The number of piperazine rings is 1. The summed E-state index contributed by atoms with van der Waals surface area (Å²) in [5.74, 6) is -0.0233. The zero-order valence-electron chi connectivity index (χ0n) is 17.7. The molecule has 3 aromatic rings. The van der Waals surface area contributed by atoms with Gasteiger partial charge in [0, 0.05) is 59.8 Å². The largest absolute Gasteiger partial charge is 0.350 e. The Hall–Kier alpha value is -1.71. The second kappa shape index (κ2) is 9.88. The summed E-state index contributed by atoms with van der Waals surface area (Å²) in [4.78, 5) is 34.9. The smallest absolute Gasteiger partial charge is 0.345 e. The van der Waals surface area contributed by atoms with Gasteiger partial charge in [-0.1, -0.05) is 23.2 Å². The fourth-order valence-corrected chi connectivity index (χ4v) is 6.44. The third-order valence-electron chi connectivity index (χ3n) is 5.26. The summed E-state index contributed by atoms with van der Waals surface area (Å²) in [6.07, 6.45) is 1.29. The van der Waals surface area contributed by atoms with E-state index in [4.69, 9.17) is 23.2 Å². The maximum Gasteiger partial charge on any atom is 0.345 e. The fraction of sp³-hybridized carbons (Fsp3) is 0.286. The molecule has 3 N–H and O–H groups in total. The number of carbonyl (C=O) groups is 1. The molecule has 4 rings (SSSR count). The number of aromatic nitrogens is 1. The Morgan fingerprint density at radius 1 is 1.15 bits per heavy atom. The zero-order chi connectivity index (χ0) is 23.8. The van der Waals surface area contributed by atoms with Gasteiger partial charge in [-0.05, 0) is 48.3 Å². The standard InChI is InChI=1S/C21H23Cl2N4O4PS/c1-25-12-19(21(28)26-6-4-24-5-7-26)18-3-2-16(11-20(18)25)27(13-32(29,30)31)33-17-9-14(22)8-15(23)10-17/h2-3,8-12,24H,4-7,13H2,1H3,(H2,29,30,31). The Bertz CT molecular complexity index is 1220. The minimum atomic E-state index is -4.38. The molecule has 0 spiro atoms.